The molecule has 9 aromatic carbocycles. The second-order valence-corrected chi connectivity index (χ2v) is 13.0. The Morgan fingerprint density at radius 3 is 1.27 bits per heavy atom. The van der Waals surface area contributed by atoms with Crippen LogP contribution in [0.1, 0.15) is 0 Å². The largest absolute Gasteiger partial charge is 0.310 e. The molecule has 51 heavy (non-hydrogen) atoms. The minimum atomic E-state index is 1.10. The van der Waals surface area contributed by atoms with Crippen LogP contribution in [0.3, 0.4) is 0 Å². The zero-order valence-electron chi connectivity index (χ0n) is 28.2. The zero-order chi connectivity index (χ0) is 34.0. The molecule has 0 atom stereocenters. The SMILES string of the molecule is c1ccc(-c2ccc(-c3cccc(N(c4ccc(-c5cc6ccccc6c6ccccc56)cc4)c4cccc(-c5ccccc5)c4)c3)cc2)cc1. The number of anilines is 3. The van der Waals surface area contributed by atoms with Gasteiger partial charge in [-0.15, -0.1) is 0 Å². The molecule has 0 fully saturated rings. The molecule has 0 saturated heterocycles. The molecule has 0 N–H and O–H groups in total. The van der Waals surface area contributed by atoms with Gasteiger partial charge in [0.25, 0.3) is 0 Å². The van der Waals surface area contributed by atoms with Gasteiger partial charge in [-0.1, -0.05) is 170 Å². The second kappa shape index (κ2) is 13.3. The molecule has 0 bridgehead atoms. The van der Waals surface area contributed by atoms with Gasteiger partial charge in [-0.2, -0.15) is 0 Å². The van der Waals surface area contributed by atoms with Crippen molar-refractivity contribution in [3.63, 3.8) is 0 Å². The minimum absolute atomic E-state index is 1.10. The van der Waals surface area contributed by atoms with Gasteiger partial charge in [0.2, 0.25) is 0 Å². The van der Waals surface area contributed by atoms with Crippen molar-refractivity contribution >= 4 is 38.6 Å². The average Bonchev–Trinajstić information content (AvgIpc) is 3.22. The predicted octanol–water partition coefficient (Wildman–Crippen LogP) is 14.1. The van der Waals surface area contributed by atoms with Gasteiger partial charge in [0.15, 0.2) is 0 Å². The molecule has 0 heterocycles. The highest BCUT2D eigenvalue weighted by Gasteiger charge is 2.16. The Hall–Kier alpha value is -6.70. The standard InChI is InChI=1S/C50H35N/c1-3-13-36(14-4-1)38-25-27-39(28-26-38)42-19-12-21-46(34-42)51(45-20-11-18-41(33-45)37-15-5-2-6-16-37)44-31-29-40(30-32-44)50-35-43-17-7-8-22-47(43)48-23-9-10-24-49(48)50/h1-35H. The maximum absolute atomic E-state index is 2.37. The van der Waals surface area contributed by atoms with Crippen LogP contribution in [0.4, 0.5) is 17.1 Å². The van der Waals surface area contributed by atoms with Gasteiger partial charge in [0.1, 0.15) is 0 Å². The highest BCUT2D eigenvalue weighted by atomic mass is 15.1. The van der Waals surface area contributed by atoms with Gasteiger partial charge in [-0.3, -0.25) is 0 Å². The Kier molecular flexibility index (Phi) is 7.92. The second-order valence-electron chi connectivity index (χ2n) is 13.0. The van der Waals surface area contributed by atoms with Crippen LogP contribution >= 0.6 is 0 Å². The van der Waals surface area contributed by atoms with E-state index in [4.69, 9.17) is 0 Å². The summed E-state index contributed by atoms with van der Waals surface area (Å²) in [7, 11) is 0. The van der Waals surface area contributed by atoms with E-state index in [9.17, 15) is 0 Å². The summed E-state index contributed by atoms with van der Waals surface area (Å²) >= 11 is 0. The fourth-order valence-corrected chi connectivity index (χ4v) is 7.30. The first-order chi connectivity index (χ1) is 25.3. The van der Waals surface area contributed by atoms with Crippen molar-refractivity contribution in [2.45, 2.75) is 0 Å². The molecule has 0 aliphatic carbocycles. The minimum Gasteiger partial charge on any atom is -0.310 e. The molecule has 0 spiro atoms. The molecule has 0 aliphatic heterocycles. The van der Waals surface area contributed by atoms with Crippen LogP contribution in [0.2, 0.25) is 0 Å². The van der Waals surface area contributed by atoms with Crippen molar-refractivity contribution < 1.29 is 0 Å². The summed E-state index contributed by atoms with van der Waals surface area (Å²) in [5, 5.41) is 5.08. The molecule has 0 radical (unpaired) electrons. The summed E-state index contributed by atoms with van der Waals surface area (Å²) in [6.45, 7) is 0. The lowest BCUT2D eigenvalue weighted by molar-refractivity contribution is 1.28. The monoisotopic (exact) mass is 649 g/mol. The van der Waals surface area contributed by atoms with Crippen LogP contribution in [-0.2, 0) is 0 Å². The van der Waals surface area contributed by atoms with E-state index in [1.165, 1.54) is 66.1 Å². The summed E-state index contributed by atoms with van der Waals surface area (Å²) in [6, 6.07) is 76.6. The number of rotatable bonds is 7. The van der Waals surface area contributed by atoms with Gasteiger partial charge in [0, 0.05) is 17.1 Å². The number of fused-ring (bicyclic) bond motifs is 3. The molecule has 9 aromatic rings. The summed E-state index contributed by atoms with van der Waals surface area (Å²) in [5.74, 6) is 0. The first-order valence-corrected chi connectivity index (χ1v) is 17.5. The number of hydrogen-bond acceptors (Lipinski definition) is 1. The molecule has 0 saturated carbocycles. The topological polar surface area (TPSA) is 3.24 Å². The lowest BCUT2D eigenvalue weighted by Gasteiger charge is -2.27. The summed E-state index contributed by atoms with van der Waals surface area (Å²) in [5.41, 5.74) is 13.0. The molecule has 9 rings (SSSR count). The van der Waals surface area contributed by atoms with Crippen molar-refractivity contribution in [3.05, 3.63) is 212 Å². The lowest BCUT2D eigenvalue weighted by Crippen LogP contribution is -2.10. The van der Waals surface area contributed by atoms with E-state index >= 15 is 0 Å². The quantitative estimate of drug-likeness (QED) is 0.155. The van der Waals surface area contributed by atoms with Gasteiger partial charge in [-0.05, 0) is 109 Å². The van der Waals surface area contributed by atoms with Crippen molar-refractivity contribution in [3.8, 4) is 44.5 Å². The van der Waals surface area contributed by atoms with E-state index in [0.29, 0.717) is 0 Å². The van der Waals surface area contributed by atoms with E-state index in [2.05, 4.69) is 217 Å². The number of benzene rings is 9. The zero-order valence-corrected chi connectivity index (χ0v) is 28.2. The third-order valence-electron chi connectivity index (χ3n) is 9.85. The fourth-order valence-electron chi connectivity index (χ4n) is 7.30. The van der Waals surface area contributed by atoms with Crippen LogP contribution in [-0.4, -0.2) is 0 Å². The first-order valence-electron chi connectivity index (χ1n) is 17.5. The van der Waals surface area contributed by atoms with E-state index < -0.39 is 0 Å². The third kappa shape index (κ3) is 5.96. The van der Waals surface area contributed by atoms with Crippen LogP contribution in [0, 0.1) is 0 Å². The fraction of sp³-hybridized carbons (Fsp3) is 0. The molecule has 1 nitrogen and oxygen atoms in total. The Morgan fingerprint density at radius 2 is 0.667 bits per heavy atom. The van der Waals surface area contributed by atoms with Crippen LogP contribution in [0.15, 0.2) is 212 Å². The smallest absolute Gasteiger partial charge is 0.0467 e. The highest BCUT2D eigenvalue weighted by molar-refractivity contribution is 6.13. The van der Waals surface area contributed by atoms with Crippen LogP contribution < -0.4 is 4.90 Å². The van der Waals surface area contributed by atoms with Crippen LogP contribution in [0.5, 0.6) is 0 Å². The van der Waals surface area contributed by atoms with Gasteiger partial charge in [-0.25, -0.2) is 0 Å². The normalized spacial score (nSPS) is 11.1. The highest BCUT2D eigenvalue weighted by Crippen LogP contribution is 2.41. The van der Waals surface area contributed by atoms with E-state index in [1.807, 2.05) is 0 Å². The van der Waals surface area contributed by atoms with Gasteiger partial charge < -0.3 is 4.90 Å². The van der Waals surface area contributed by atoms with Crippen LogP contribution in [0.25, 0.3) is 66.1 Å². The molecule has 0 amide bonds. The maximum Gasteiger partial charge on any atom is 0.0467 e. The van der Waals surface area contributed by atoms with Crippen molar-refractivity contribution in [2.24, 2.45) is 0 Å². The summed E-state index contributed by atoms with van der Waals surface area (Å²) in [6.07, 6.45) is 0. The lowest BCUT2D eigenvalue weighted by atomic mass is 9.93. The molecule has 1 heteroatoms. The van der Waals surface area contributed by atoms with Crippen molar-refractivity contribution in [1.82, 2.24) is 0 Å². The number of nitrogens with zero attached hydrogens (tertiary/aromatic N) is 1. The molecular weight excluding hydrogens is 615 g/mol. The van der Waals surface area contributed by atoms with E-state index in [0.717, 1.165) is 17.1 Å². The Balaban J connectivity index is 1.14. The predicted molar refractivity (Wildman–Crippen MR) is 218 cm³/mol. The van der Waals surface area contributed by atoms with E-state index in [-0.39, 0.29) is 0 Å². The average molecular weight is 650 g/mol. The summed E-state index contributed by atoms with van der Waals surface area (Å²) in [4.78, 5) is 2.37. The molecule has 0 unspecified atom stereocenters. The first kappa shape index (κ1) is 30.4. The Morgan fingerprint density at radius 1 is 0.235 bits per heavy atom. The molecular formula is C50H35N. The van der Waals surface area contributed by atoms with Crippen molar-refractivity contribution in [2.75, 3.05) is 4.90 Å². The number of hydrogen-bond donors (Lipinski definition) is 0. The molecule has 240 valence electrons. The maximum atomic E-state index is 2.37. The molecule has 0 aliphatic rings. The van der Waals surface area contributed by atoms with Gasteiger partial charge in [0.05, 0.1) is 0 Å². The summed E-state index contributed by atoms with van der Waals surface area (Å²) < 4.78 is 0. The van der Waals surface area contributed by atoms with Crippen molar-refractivity contribution in [1.29, 1.82) is 0 Å². The van der Waals surface area contributed by atoms with Gasteiger partial charge >= 0.3 is 0 Å². The molecule has 0 aromatic heterocycles. The third-order valence-corrected chi connectivity index (χ3v) is 9.85. The Labute approximate surface area is 299 Å². The van der Waals surface area contributed by atoms with E-state index in [1.54, 1.807) is 0 Å². The Bertz CT molecular complexity index is 2600.